The van der Waals surface area contributed by atoms with E-state index in [1.807, 2.05) is 0 Å². The number of ether oxygens (including phenoxy) is 1. The predicted octanol–water partition coefficient (Wildman–Crippen LogP) is 3.18. The van der Waals surface area contributed by atoms with Gasteiger partial charge in [-0.15, -0.1) is 0 Å². The van der Waals surface area contributed by atoms with Crippen LogP contribution in [0.5, 0.6) is 5.88 Å². The van der Waals surface area contributed by atoms with Crippen molar-refractivity contribution >= 4 is 0 Å². The maximum absolute atomic E-state index is 12.6. The minimum absolute atomic E-state index is 0.263. The summed E-state index contributed by atoms with van der Waals surface area (Å²) in [5.74, 6) is 1.03. The standard InChI is InChI=1S/C12H16FNO/c1-9-2-5-11(6-3-9)15-12-7-4-10(13)8-14-12/h4,7-9,11H,2-3,5-6H2,1H3. The lowest BCUT2D eigenvalue weighted by molar-refractivity contribution is 0.130. The molecule has 1 fully saturated rings. The molecule has 0 bridgehead atoms. The van der Waals surface area contributed by atoms with Gasteiger partial charge in [0.1, 0.15) is 11.9 Å². The molecule has 2 nitrogen and oxygen atoms in total. The molecule has 0 atom stereocenters. The van der Waals surface area contributed by atoms with Gasteiger partial charge >= 0.3 is 0 Å². The molecule has 82 valence electrons. The fourth-order valence-electron chi connectivity index (χ4n) is 1.95. The average molecular weight is 209 g/mol. The summed E-state index contributed by atoms with van der Waals surface area (Å²) in [5, 5.41) is 0. The second kappa shape index (κ2) is 4.60. The molecule has 3 heteroatoms. The van der Waals surface area contributed by atoms with E-state index in [-0.39, 0.29) is 11.9 Å². The van der Waals surface area contributed by atoms with E-state index in [1.165, 1.54) is 25.1 Å². The molecule has 0 N–H and O–H groups in total. The van der Waals surface area contributed by atoms with Crippen LogP contribution in [0.3, 0.4) is 0 Å². The first-order valence-corrected chi connectivity index (χ1v) is 5.52. The van der Waals surface area contributed by atoms with Crippen LogP contribution in [0.2, 0.25) is 0 Å². The Labute approximate surface area is 89.5 Å². The van der Waals surface area contributed by atoms with E-state index in [1.54, 1.807) is 6.07 Å². The van der Waals surface area contributed by atoms with Crippen molar-refractivity contribution in [1.29, 1.82) is 0 Å². The summed E-state index contributed by atoms with van der Waals surface area (Å²) in [6.45, 7) is 2.27. The molecule has 1 saturated carbocycles. The number of aromatic nitrogens is 1. The molecule has 0 aromatic carbocycles. The number of hydrogen-bond donors (Lipinski definition) is 0. The Kier molecular flexibility index (Phi) is 3.19. The summed E-state index contributed by atoms with van der Waals surface area (Å²) in [6, 6.07) is 2.97. The fraction of sp³-hybridized carbons (Fsp3) is 0.583. The third-order valence-corrected chi connectivity index (χ3v) is 2.95. The average Bonchev–Trinajstić information content (AvgIpc) is 2.25. The molecule has 15 heavy (non-hydrogen) atoms. The zero-order valence-electron chi connectivity index (χ0n) is 8.95. The van der Waals surface area contributed by atoms with E-state index in [9.17, 15) is 4.39 Å². The second-order valence-corrected chi connectivity index (χ2v) is 4.31. The lowest BCUT2D eigenvalue weighted by atomic mass is 9.89. The maximum Gasteiger partial charge on any atom is 0.213 e. The van der Waals surface area contributed by atoms with Gasteiger partial charge < -0.3 is 4.74 Å². The van der Waals surface area contributed by atoms with Crippen molar-refractivity contribution in [3.05, 3.63) is 24.1 Å². The number of pyridine rings is 1. The highest BCUT2D eigenvalue weighted by atomic mass is 19.1. The monoisotopic (exact) mass is 209 g/mol. The van der Waals surface area contributed by atoms with E-state index in [0.29, 0.717) is 5.88 Å². The van der Waals surface area contributed by atoms with Gasteiger partial charge in [-0.3, -0.25) is 0 Å². The highest BCUT2D eigenvalue weighted by Gasteiger charge is 2.19. The van der Waals surface area contributed by atoms with Gasteiger partial charge in [-0.1, -0.05) is 6.92 Å². The molecule has 1 aliphatic carbocycles. The molecule has 1 aromatic rings. The Bertz CT molecular complexity index is 304. The van der Waals surface area contributed by atoms with E-state index in [4.69, 9.17) is 4.74 Å². The summed E-state index contributed by atoms with van der Waals surface area (Å²) in [5.41, 5.74) is 0. The first kappa shape index (κ1) is 10.4. The molecule has 0 spiro atoms. The van der Waals surface area contributed by atoms with E-state index >= 15 is 0 Å². The van der Waals surface area contributed by atoms with Crippen LogP contribution in [0.4, 0.5) is 4.39 Å². The third kappa shape index (κ3) is 2.91. The molecule has 0 saturated heterocycles. The van der Waals surface area contributed by atoms with Crippen molar-refractivity contribution in [1.82, 2.24) is 4.98 Å². The summed E-state index contributed by atoms with van der Waals surface area (Å²) < 4.78 is 18.3. The Morgan fingerprint density at radius 3 is 2.60 bits per heavy atom. The van der Waals surface area contributed by atoms with Gasteiger partial charge in [0.25, 0.3) is 0 Å². The number of hydrogen-bond acceptors (Lipinski definition) is 2. The Morgan fingerprint density at radius 1 is 1.27 bits per heavy atom. The molecule has 0 amide bonds. The second-order valence-electron chi connectivity index (χ2n) is 4.31. The molecular formula is C12H16FNO. The number of halogens is 1. The van der Waals surface area contributed by atoms with Gasteiger partial charge in [-0.25, -0.2) is 9.37 Å². The first-order chi connectivity index (χ1) is 7.24. The van der Waals surface area contributed by atoms with E-state index in [0.717, 1.165) is 18.8 Å². The molecule has 2 rings (SSSR count). The molecule has 1 heterocycles. The summed E-state index contributed by atoms with van der Waals surface area (Å²) in [4.78, 5) is 3.89. The molecule has 1 aromatic heterocycles. The van der Waals surface area contributed by atoms with E-state index in [2.05, 4.69) is 11.9 Å². The van der Waals surface area contributed by atoms with Crippen molar-refractivity contribution in [2.24, 2.45) is 5.92 Å². The topological polar surface area (TPSA) is 22.1 Å². The highest BCUT2D eigenvalue weighted by Crippen LogP contribution is 2.26. The lowest BCUT2D eigenvalue weighted by Gasteiger charge is -2.26. The van der Waals surface area contributed by atoms with Crippen LogP contribution in [-0.2, 0) is 0 Å². The van der Waals surface area contributed by atoms with Crippen molar-refractivity contribution in [3.8, 4) is 5.88 Å². The minimum atomic E-state index is -0.320. The van der Waals surface area contributed by atoms with Crippen LogP contribution in [0.25, 0.3) is 0 Å². The molecule has 1 aliphatic rings. The zero-order valence-corrected chi connectivity index (χ0v) is 8.95. The van der Waals surface area contributed by atoms with Gasteiger partial charge in [0, 0.05) is 6.07 Å². The van der Waals surface area contributed by atoms with Crippen molar-refractivity contribution < 1.29 is 9.13 Å². The number of rotatable bonds is 2. The first-order valence-electron chi connectivity index (χ1n) is 5.52. The van der Waals surface area contributed by atoms with Gasteiger partial charge in [0.15, 0.2) is 0 Å². The maximum atomic E-state index is 12.6. The van der Waals surface area contributed by atoms with Crippen molar-refractivity contribution in [3.63, 3.8) is 0 Å². The smallest absolute Gasteiger partial charge is 0.213 e. The lowest BCUT2D eigenvalue weighted by Crippen LogP contribution is -2.23. The Balaban J connectivity index is 1.89. The van der Waals surface area contributed by atoms with Crippen LogP contribution in [0, 0.1) is 11.7 Å². The summed E-state index contributed by atoms with van der Waals surface area (Å²) >= 11 is 0. The molecule has 0 aliphatic heterocycles. The van der Waals surface area contributed by atoms with Crippen LogP contribution in [0.1, 0.15) is 32.6 Å². The van der Waals surface area contributed by atoms with Gasteiger partial charge in [-0.05, 0) is 37.7 Å². The van der Waals surface area contributed by atoms with Crippen molar-refractivity contribution in [2.45, 2.75) is 38.7 Å². The molecule has 0 radical (unpaired) electrons. The highest BCUT2D eigenvalue weighted by molar-refractivity contribution is 5.11. The predicted molar refractivity (Wildman–Crippen MR) is 56.2 cm³/mol. The SMILES string of the molecule is CC1CCC(Oc2ccc(F)cn2)CC1. The molecular weight excluding hydrogens is 193 g/mol. The summed E-state index contributed by atoms with van der Waals surface area (Å²) in [7, 11) is 0. The van der Waals surface area contributed by atoms with Crippen LogP contribution < -0.4 is 4.74 Å². The van der Waals surface area contributed by atoms with Gasteiger partial charge in [0.05, 0.1) is 6.20 Å². The zero-order chi connectivity index (χ0) is 10.7. The van der Waals surface area contributed by atoms with Crippen molar-refractivity contribution in [2.75, 3.05) is 0 Å². The van der Waals surface area contributed by atoms with Gasteiger partial charge in [-0.2, -0.15) is 0 Å². The van der Waals surface area contributed by atoms with Gasteiger partial charge in [0.2, 0.25) is 5.88 Å². The normalized spacial score (nSPS) is 26.3. The minimum Gasteiger partial charge on any atom is -0.474 e. The fourth-order valence-corrected chi connectivity index (χ4v) is 1.95. The van der Waals surface area contributed by atoms with E-state index < -0.39 is 0 Å². The third-order valence-electron chi connectivity index (χ3n) is 2.95. The quantitative estimate of drug-likeness (QED) is 0.746. The van der Waals surface area contributed by atoms with Crippen LogP contribution in [0.15, 0.2) is 18.3 Å². The Hall–Kier alpha value is -1.12. The Morgan fingerprint density at radius 2 is 2.00 bits per heavy atom. The molecule has 0 unspecified atom stereocenters. The van der Waals surface area contributed by atoms with Crippen LogP contribution in [-0.4, -0.2) is 11.1 Å². The largest absolute Gasteiger partial charge is 0.474 e. The summed E-state index contributed by atoms with van der Waals surface area (Å²) in [6.07, 6.45) is 6.05. The number of nitrogens with zero attached hydrogens (tertiary/aromatic N) is 1. The van der Waals surface area contributed by atoms with Crippen LogP contribution >= 0.6 is 0 Å².